The van der Waals surface area contributed by atoms with Gasteiger partial charge in [-0.1, -0.05) is 59.7 Å². The summed E-state index contributed by atoms with van der Waals surface area (Å²) in [6, 6.07) is 7.93. The molecule has 1 rings (SSSR count). The molecule has 0 heterocycles. The van der Waals surface area contributed by atoms with Crippen molar-refractivity contribution in [2.45, 2.75) is 60.6 Å². The Labute approximate surface area is 147 Å². The Morgan fingerprint density at radius 1 is 1.00 bits per heavy atom. The molecule has 2 amide bonds. The van der Waals surface area contributed by atoms with Crippen LogP contribution < -0.4 is 10.1 Å². The predicted octanol–water partition coefficient (Wildman–Crippen LogP) is 4.86. The summed E-state index contributed by atoms with van der Waals surface area (Å²) in [5.41, 5.74) is 1.15. The highest BCUT2D eigenvalue weighted by Gasteiger charge is 2.19. The van der Waals surface area contributed by atoms with E-state index in [2.05, 4.69) is 52.9 Å². The highest BCUT2D eigenvalue weighted by molar-refractivity contribution is 5.74. The zero-order valence-electron chi connectivity index (χ0n) is 16.3. The van der Waals surface area contributed by atoms with Gasteiger partial charge in [0.25, 0.3) is 0 Å². The molecule has 4 heteroatoms. The van der Waals surface area contributed by atoms with Crippen LogP contribution in [-0.2, 0) is 0 Å². The fourth-order valence-electron chi connectivity index (χ4n) is 2.67. The monoisotopic (exact) mass is 334 g/mol. The molecule has 0 saturated heterocycles. The number of amides is 2. The van der Waals surface area contributed by atoms with Gasteiger partial charge in [-0.25, -0.2) is 4.79 Å². The van der Waals surface area contributed by atoms with E-state index in [9.17, 15) is 4.79 Å². The largest absolute Gasteiger partial charge is 0.471 e. The summed E-state index contributed by atoms with van der Waals surface area (Å²) < 4.78 is 5.98. The van der Waals surface area contributed by atoms with E-state index in [-0.39, 0.29) is 12.3 Å². The van der Waals surface area contributed by atoms with Crippen LogP contribution >= 0.6 is 0 Å². The first-order valence-corrected chi connectivity index (χ1v) is 9.01. The van der Waals surface area contributed by atoms with Gasteiger partial charge in [-0.15, -0.1) is 0 Å². The number of hydrogen-bond acceptors (Lipinski definition) is 2. The number of carbonyl (C=O) groups excluding carboxylic acids is 1. The molecule has 0 radical (unpaired) electrons. The van der Waals surface area contributed by atoms with Crippen LogP contribution in [0, 0.1) is 11.8 Å². The summed E-state index contributed by atoms with van der Waals surface area (Å²) in [6.45, 7) is 16.1. The highest BCUT2D eigenvalue weighted by Crippen LogP contribution is 2.26. The van der Waals surface area contributed by atoms with Crippen molar-refractivity contribution >= 4 is 6.03 Å². The lowest BCUT2D eigenvalue weighted by molar-refractivity contribution is 0.144. The molecule has 136 valence electrons. The van der Waals surface area contributed by atoms with Crippen molar-refractivity contribution in [1.82, 2.24) is 10.2 Å². The molecular weight excluding hydrogens is 300 g/mol. The van der Waals surface area contributed by atoms with E-state index in [0.717, 1.165) is 24.4 Å². The molecule has 1 aromatic carbocycles. The third-order valence-corrected chi connectivity index (χ3v) is 3.63. The van der Waals surface area contributed by atoms with Gasteiger partial charge in [0.1, 0.15) is 5.75 Å². The molecule has 24 heavy (non-hydrogen) atoms. The Morgan fingerprint density at radius 3 is 2.04 bits per heavy atom. The standard InChI is InChI=1S/C20H34N2O2/c1-14(2)12-22(13-15(3)4)20(23)21-17(7)24-19-11-9-8-10-18(19)16(5)6/h8-11,14-17H,12-13H2,1-7H3,(H,21,23). The van der Waals surface area contributed by atoms with Gasteiger partial charge in [0.2, 0.25) is 0 Å². The molecule has 0 aliphatic heterocycles. The Kier molecular flexibility index (Phi) is 8.09. The zero-order valence-corrected chi connectivity index (χ0v) is 16.3. The molecule has 4 nitrogen and oxygen atoms in total. The van der Waals surface area contributed by atoms with E-state index in [0.29, 0.717) is 17.8 Å². The second kappa shape index (κ2) is 9.55. The first kappa shape index (κ1) is 20.3. The molecule has 1 atom stereocenters. The molecule has 0 fully saturated rings. The van der Waals surface area contributed by atoms with Crippen molar-refractivity contribution in [2.24, 2.45) is 11.8 Å². The number of nitrogens with one attached hydrogen (secondary N) is 1. The molecule has 1 unspecified atom stereocenters. The van der Waals surface area contributed by atoms with Gasteiger partial charge in [-0.2, -0.15) is 0 Å². The van der Waals surface area contributed by atoms with Crippen LogP contribution in [0.3, 0.4) is 0 Å². The number of carbonyl (C=O) groups is 1. The number of urea groups is 1. The maximum absolute atomic E-state index is 12.6. The second-order valence-electron chi connectivity index (χ2n) is 7.59. The Morgan fingerprint density at radius 2 is 1.54 bits per heavy atom. The first-order chi connectivity index (χ1) is 11.2. The molecule has 0 bridgehead atoms. The minimum absolute atomic E-state index is 0.0630. The maximum Gasteiger partial charge on any atom is 0.320 e. The number of benzene rings is 1. The second-order valence-corrected chi connectivity index (χ2v) is 7.59. The van der Waals surface area contributed by atoms with Crippen LogP contribution in [0.15, 0.2) is 24.3 Å². The average molecular weight is 335 g/mol. The predicted molar refractivity (Wildman–Crippen MR) is 100 cm³/mol. The first-order valence-electron chi connectivity index (χ1n) is 9.01. The minimum atomic E-state index is -0.376. The Bertz CT molecular complexity index is 502. The zero-order chi connectivity index (χ0) is 18.3. The van der Waals surface area contributed by atoms with E-state index in [1.807, 2.05) is 30.0 Å². The quantitative estimate of drug-likeness (QED) is 0.690. The Balaban J connectivity index is 2.71. The number of rotatable bonds is 8. The van der Waals surface area contributed by atoms with E-state index in [1.165, 1.54) is 0 Å². The topological polar surface area (TPSA) is 41.6 Å². The lowest BCUT2D eigenvalue weighted by Crippen LogP contribution is -2.48. The van der Waals surface area contributed by atoms with Crippen LogP contribution in [0.4, 0.5) is 4.79 Å². The van der Waals surface area contributed by atoms with Crippen LogP contribution in [0.5, 0.6) is 5.75 Å². The number of para-hydroxylation sites is 1. The molecule has 1 aromatic rings. The third kappa shape index (κ3) is 6.81. The van der Waals surface area contributed by atoms with Gasteiger partial charge in [0, 0.05) is 13.1 Å². The van der Waals surface area contributed by atoms with E-state index in [4.69, 9.17) is 4.74 Å². The van der Waals surface area contributed by atoms with Gasteiger partial charge in [-0.05, 0) is 36.3 Å². The third-order valence-electron chi connectivity index (χ3n) is 3.63. The molecule has 0 aliphatic rings. The van der Waals surface area contributed by atoms with Crippen molar-refractivity contribution in [3.63, 3.8) is 0 Å². The molecule has 1 N–H and O–H groups in total. The van der Waals surface area contributed by atoms with Crippen molar-refractivity contribution in [1.29, 1.82) is 0 Å². The fourth-order valence-corrected chi connectivity index (χ4v) is 2.67. The summed E-state index contributed by atoms with van der Waals surface area (Å²) in [5, 5.41) is 2.97. The van der Waals surface area contributed by atoms with Crippen molar-refractivity contribution in [2.75, 3.05) is 13.1 Å². The van der Waals surface area contributed by atoms with Crippen molar-refractivity contribution in [3.8, 4) is 5.75 Å². The van der Waals surface area contributed by atoms with Crippen LogP contribution in [0.1, 0.15) is 59.9 Å². The minimum Gasteiger partial charge on any atom is -0.471 e. The Hall–Kier alpha value is -1.71. The van der Waals surface area contributed by atoms with Gasteiger partial charge in [0.05, 0.1) is 0 Å². The molecule has 0 aliphatic carbocycles. The summed E-state index contributed by atoms with van der Waals surface area (Å²) in [5.74, 6) is 2.09. The average Bonchev–Trinajstić information content (AvgIpc) is 2.45. The van der Waals surface area contributed by atoms with E-state index in [1.54, 1.807) is 0 Å². The number of nitrogens with zero attached hydrogens (tertiary/aromatic N) is 1. The number of hydrogen-bond donors (Lipinski definition) is 1. The van der Waals surface area contributed by atoms with Gasteiger partial charge >= 0.3 is 6.03 Å². The summed E-state index contributed by atoms with van der Waals surface area (Å²) in [7, 11) is 0. The van der Waals surface area contributed by atoms with Gasteiger partial charge in [0.15, 0.2) is 6.23 Å². The number of ether oxygens (including phenoxy) is 1. The van der Waals surface area contributed by atoms with Crippen LogP contribution in [0.25, 0.3) is 0 Å². The summed E-state index contributed by atoms with van der Waals surface area (Å²) >= 11 is 0. The smallest absolute Gasteiger partial charge is 0.320 e. The van der Waals surface area contributed by atoms with Gasteiger partial charge in [-0.3, -0.25) is 0 Å². The van der Waals surface area contributed by atoms with Crippen LogP contribution in [-0.4, -0.2) is 30.2 Å². The molecule has 0 aromatic heterocycles. The van der Waals surface area contributed by atoms with E-state index < -0.39 is 0 Å². The molecule has 0 spiro atoms. The summed E-state index contributed by atoms with van der Waals surface area (Å²) in [4.78, 5) is 14.4. The van der Waals surface area contributed by atoms with E-state index >= 15 is 0 Å². The van der Waals surface area contributed by atoms with Gasteiger partial charge < -0.3 is 15.0 Å². The highest BCUT2D eigenvalue weighted by atomic mass is 16.5. The molecular formula is C20H34N2O2. The SMILES string of the molecule is CC(C)CN(CC(C)C)C(=O)NC(C)Oc1ccccc1C(C)C. The van der Waals surface area contributed by atoms with Crippen LogP contribution in [0.2, 0.25) is 0 Å². The normalized spacial score (nSPS) is 12.6. The van der Waals surface area contributed by atoms with Crippen molar-refractivity contribution in [3.05, 3.63) is 29.8 Å². The fraction of sp³-hybridized carbons (Fsp3) is 0.650. The maximum atomic E-state index is 12.6. The lowest BCUT2D eigenvalue weighted by atomic mass is 10.0. The summed E-state index contributed by atoms with van der Waals surface area (Å²) in [6.07, 6.45) is -0.376. The van der Waals surface area contributed by atoms with Crippen molar-refractivity contribution < 1.29 is 9.53 Å². The lowest BCUT2D eigenvalue weighted by Gasteiger charge is -2.28. The molecule has 0 saturated carbocycles.